The molecule has 0 amide bonds. The molecule has 0 saturated heterocycles. The van der Waals surface area contributed by atoms with Gasteiger partial charge >= 0.3 is 0 Å². The van der Waals surface area contributed by atoms with E-state index in [1.54, 1.807) is 12.3 Å². The molecule has 0 aliphatic carbocycles. The summed E-state index contributed by atoms with van der Waals surface area (Å²) in [5, 5.41) is 11.6. The molecule has 0 spiro atoms. The molecular formula is C13H19N5O. The SMILES string of the molecule is CCNc1cnn(Cc2cc(C)nn2CC)c(=O)c1. The van der Waals surface area contributed by atoms with Gasteiger partial charge in [-0.3, -0.25) is 9.48 Å². The van der Waals surface area contributed by atoms with Gasteiger partial charge in [0.05, 0.1) is 29.8 Å². The first kappa shape index (κ1) is 13.3. The first-order valence-electron chi connectivity index (χ1n) is 6.48. The maximum atomic E-state index is 12.0. The summed E-state index contributed by atoms with van der Waals surface area (Å²) in [5.74, 6) is 0. The Balaban J connectivity index is 2.25. The molecule has 0 atom stereocenters. The second-order valence-electron chi connectivity index (χ2n) is 4.36. The smallest absolute Gasteiger partial charge is 0.269 e. The van der Waals surface area contributed by atoms with E-state index in [2.05, 4.69) is 15.5 Å². The van der Waals surface area contributed by atoms with E-state index in [1.807, 2.05) is 31.5 Å². The molecule has 2 aromatic rings. The van der Waals surface area contributed by atoms with E-state index in [4.69, 9.17) is 0 Å². The van der Waals surface area contributed by atoms with Crippen LogP contribution in [-0.4, -0.2) is 26.1 Å². The molecule has 6 nitrogen and oxygen atoms in total. The zero-order valence-electron chi connectivity index (χ0n) is 11.6. The maximum Gasteiger partial charge on any atom is 0.269 e. The molecule has 0 aliphatic rings. The number of aryl methyl sites for hydroxylation is 2. The highest BCUT2D eigenvalue weighted by Crippen LogP contribution is 2.05. The van der Waals surface area contributed by atoms with Crippen molar-refractivity contribution in [1.29, 1.82) is 0 Å². The van der Waals surface area contributed by atoms with E-state index in [-0.39, 0.29) is 5.56 Å². The third kappa shape index (κ3) is 3.01. The number of hydrogen-bond acceptors (Lipinski definition) is 4. The highest BCUT2D eigenvalue weighted by atomic mass is 16.1. The van der Waals surface area contributed by atoms with Crippen molar-refractivity contribution in [2.45, 2.75) is 33.9 Å². The van der Waals surface area contributed by atoms with E-state index < -0.39 is 0 Å². The molecule has 0 unspecified atom stereocenters. The van der Waals surface area contributed by atoms with Crippen LogP contribution in [0.25, 0.3) is 0 Å². The van der Waals surface area contributed by atoms with E-state index in [9.17, 15) is 4.79 Å². The van der Waals surface area contributed by atoms with E-state index in [0.717, 1.165) is 30.2 Å². The van der Waals surface area contributed by atoms with E-state index in [0.29, 0.717) is 6.54 Å². The summed E-state index contributed by atoms with van der Waals surface area (Å²) >= 11 is 0. The third-order valence-electron chi connectivity index (χ3n) is 2.85. The molecule has 0 radical (unpaired) electrons. The van der Waals surface area contributed by atoms with Crippen LogP contribution >= 0.6 is 0 Å². The molecular weight excluding hydrogens is 242 g/mol. The maximum absolute atomic E-state index is 12.0. The van der Waals surface area contributed by atoms with Crippen LogP contribution in [0.5, 0.6) is 0 Å². The van der Waals surface area contributed by atoms with E-state index >= 15 is 0 Å². The van der Waals surface area contributed by atoms with Crippen molar-refractivity contribution in [1.82, 2.24) is 19.6 Å². The minimum Gasteiger partial charge on any atom is -0.384 e. The fourth-order valence-electron chi connectivity index (χ4n) is 2.01. The summed E-state index contributed by atoms with van der Waals surface area (Å²) < 4.78 is 3.34. The number of nitrogens with zero attached hydrogens (tertiary/aromatic N) is 4. The monoisotopic (exact) mass is 261 g/mol. The molecule has 0 saturated carbocycles. The number of rotatable bonds is 5. The van der Waals surface area contributed by atoms with Crippen molar-refractivity contribution in [2.24, 2.45) is 0 Å². The van der Waals surface area contributed by atoms with Crippen LogP contribution in [0.15, 0.2) is 23.1 Å². The van der Waals surface area contributed by atoms with Crippen molar-refractivity contribution in [3.63, 3.8) is 0 Å². The predicted octanol–water partition coefficient (Wildman–Crippen LogP) is 1.25. The van der Waals surface area contributed by atoms with Gasteiger partial charge < -0.3 is 5.32 Å². The van der Waals surface area contributed by atoms with Crippen LogP contribution in [0.3, 0.4) is 0 Å². The number of aromatic nitrogens is 4. The van der Waals surface area contributed by atoms with Crippen molar-refractivity contribution >= 4 is 5.69 Å². The largest absolute Gasteiger partial charge is 0.384 e. The Morgan fingerprint density at radius 3 is 2.68 bits per heavy atom. The van der Waals surface area contributed by atoms with Crippen LogP contribution in [0.1, 0.15) is 25.2 Å². The normalized spacial score (nSPS) is 10.7. The second-order valence-corrected chi connectivity index (χ2v) is 4.36. The van der Waals surface area contributed by atoms with Gasteiger partial charge in [0, 0.05) is 19.2 Å². The van der Waals surface area contributed by atoms with Crippen molar-refractivity contribution in [3.8, 4) is 0 Å². The highest BCUT2D eigenvalue weighted by molar-refractivity contribution is 5.38. The predicted molar refractivity (Wildman–Crippen MR) is 74.4 cm³/mol. The van der Waals surface area contributed by atoms with Crippen LogP contribution in [-0.2, 0) is 13.1 Å². The summed E-state index contributed by atoms with van der Waals surface area (Å²) in [5.41, 5.74) is 2.59. The van der Waals surface area contributed by atoms with Gasteiger partial charge in [0.1, 0.15) is 0 Å². The Morgan fingerprint density at radius 1 is 1.26 bits per heavy atom. The summed E-state index contributed by atoms with van der Waals surface area (Å²) in [6, 6.07) is 3.55. The molecule has 1 N–H and O–H groups in total. The molecule has 0 aliphatic heterocycles. The molecule has 6 heteroatoms. The Labute approximate surface area is 112 Å². The average Bonchev–Trinajstić information content (AvgIpc) is 2.73. The van der Waals surface area contributed by atoms with Crippen molar-refractivity contribution in [3.05, 3.63) is 40.1 Å². The summed E-state index contributed by atoms with van der Waals surface area (Å²) in [7, 11) is 0. The Bertz CT molecular complexity index is 614. The lowest BCUT2D eigenvalue weighted by molar-refractivity contribution is 0.559. The van der Waals surface area contributed by atoms with Gasteiger partial charge in [0.25, 0.3) is 5.56 Å². The van der Waals surface area contributed by atoms with Gasteiger partial charge in [-0.25, -0.2) is 4.68 Å². The highest BCUT2D eigenvalue weighted by Gasteiger charge is 2.07. The molecule has 0 bridgehead atoms. The van der Waals surface area contributed by atoms with E-state index in [1.165, 1.54) is 4.68 Å². The molecule has 0 aromatic carbocycles. The minimum atomic E-state index is -0.111. The Kier molecular flexibility index (Phi) is 3.99. The van der Waals surface area contributed by atoms with Crippen LogP contribution < -0.4 is 10.9 Å². The van der Waals surface area contributed by atoms with Crippen LogP contribution in [0, 0.1) is 6.92 Å². The molecule has 19 heavy (non-hydrogen) atoms. The number of hydrogen-bond donors (Lipinski definition) is 1. The van der Waals surface area contributed by atoms with Crippen molar-refractivity contribution < 1.29 is 0 Å². The Hall–Kier alpha value is -2.11. The van der Waals surface area contributed by atoms with Gasteiger partial charge in [-0.15, -0.1) is 0 Å². The van der Waals surface area contributed by atoms with Crippen LogP contribution in [0.4, 0.5) is 5.69 Å². The molecule has 2 rings (SSSR count). The van der Waals surface area contributed by atoms with Gasteiger partial charge in [0.15, 0.2) is 0 Å². The van der Waals surface area contributed by atoms with Gasteiger partial charge in [-0.1, -0.05) is 0 Å². The fourth-order valence-corrected chi connectivity index (χ4v) is 2.01. The summed E-state index contributed by atoms with van der Waals surface area (Å²) in [6.07, 6.45) is 1.67. The zero-order valence-corrected chi connectivity index (χ0v) is 11.6. The number of anilines is 1. The molecule has 2 heterocycles. The average molecular weight is 261 g/mol. The van der Waals surface area contributed by atoms with Crippen molar-refractivity contribution in [2.75, 3.05) is 11.9 Å². The summed E-state index contributed by atoms with van der Waals surface area (Å²) in [6.45, 7) is 7.95. The quantitative estimate of drug-likeness (QED) is 0.879. The second kappa shape index (κ2) is 5.69. The lowest BCUT2D eigenvalue weighted by atomic mass is 10.3. The number of nitrogens with one attached hydrogen (secondary N) is 1. The van der Waals surface area contributed by atoms with Gasteiger partial charge in [-0.05, 0) is 26.8 Å². The lowest BCUT2D eigenvalue weighted by Gasteiger charge is -2.08. The molecule has 2 aromatic heterocycles. The molecule has 102 valence electrons. The molecule has 0 fully saturated rings. The Morgan fingerprint density at radius 2 is 2.05 bits per heavy atom. The summed E-state index contributed by atoms with van der Waals surface area (Å²) in [4.78, 5) is 12.0. The first-order valence-corrected chi connectivity index (χ1v) is 6.48. The lowest BCUT2D eigenvalue weighted by Crippen LogP contribution is -2.24. The minimum absolute atomic E-state index is 0.111. The van der Waals surface area contributed by atoms with Crippen LogP contribution in [0.2, 0.25) is 0 Å². The van der Waals surface area contributed by atoms with Gasteiger partial charge in [-0.2, -0.15) is 10.2 Å². The zero-order chi connectivity index (χ0) is 13.8. The first-order chi connectivity index (χ1) is 9.13. The van der Waals surface area contributed by atoms with Gasteiger partial charge in [0.2, 0.25) is 0 Å². The topological polar surface area (TPSA) is 64.7 Å². The third-order valence-corrected chi connectivity index (χ3v) is 2.85. The standard InChI is InChI=1S/C13H19N5O/c1-4-14-11-7-13(19)18(15-8-11)9-12-6-10(3)16-17(12)5-2/h6-8,14H,4-5,9H2,1-3H3. The fraction of sp³-hybridized carbons (Fsp3) is 0.462.